The van der Waals surface area contributed by atoms with Crippen LogP contribution in [-0.2, 0) is 0 Å². The van der Waals surface area contributed by atoms with Crippen molar-refractivity contribution in [3.63, 3.8) is 0 Å². The highest BCUT2D eigenvalue weighted by Crippen LogP contribution is 2.11. The Kier molecular flexibility index (Phi) is 0.789. The van der Waals surface area contributed by atoms with Crippen molar-refractivity contribution in [2.45, 2.75) is 12.8 Å². The molecule has 1 aliphatic rings. The summed E-state index contributed by atoms with van der Waals surface area (Å²) in [5.41, 5.74) is 1.27. The third-order valence-electron chi connectivity index (χ3n) is 0.986. The van der Waals surface area contributed by atoms with Crippen molar-refractivity contribution in [1.82, 2.24) is 0 Å². The number of hydrogen-bond acceptors (Lipinski definition) is 0. The summed E-state index contributed by atoms with van der Waals surface area (Å²) in [5, 5.41) is 0. The minimum atomic E-state index is 1.18. The van der Waals surface area contributed by atoms with Gasteiger partial charge in [0.1, 0.15) is 0 Å². The van der Waals surface area contributed by atoms with E-state index < -0.39 is 0 Å². The van der Waals surface area contributed by atoms with E-state index in [2.05, 4.69) is 18.7 Å². The van der Waals surface area contributed by atoms with Gasteiger partial charge in [-0.2, -0.15) is 0 Å². The van der Waals surface area contributed by atoms with Crippen LogP contribution in [0.1, 0.15) is 12.8 Å². The van der Waals surface area contributed by atoms with E-state index in [-0.39, 0.29) is 0 Å². The van der Waals surface area contributed by atoms with E-state index in [0.29, 0.717) is 0 Å². The molecule has 0 unspecified atom stereocenters. The van der Waals surface area contributed by atoms with Crippen molar-refractivity contribution < 1.29 is 0 Å². The van der Waals surface area contributed by atoms with Gasteiger partial charge in [0.25, 0.3) is 0 Å². The molecule has 0 aromatic carbocycles. The van der Waals surface area contributed by atoms with Crippen molar-refractivity contribution in [3.8, 4) is 0 Å². The first-order chi connectivity index (χ1) is 2.89. The zero-order valence-electron chi connectivity index (χ0n) is 3.78. The maximum atomic E-state index is 3.77. The van der Waals surface area contributed by atoms with Gasteiger partial charge in [-0.1, -0.05) is 24.3 Å². The molecule has 6 heavy (non-hydrogen) atoms. The average Bonchev–Trinajstić information content (AvgIpc) is 1.86. The van der Waals surface area contributed by atoms with Gasteiger partial charge >= 0.3 is 0 Å². The summed E-state index contributed by atoms with van der Waals surface area (Å²) < 4.78 is 0. The summed E-state index contributed by atoms with van der Waals surface area (Å²) in [7, 11) is 0. The lowest BCUT2D eigenvalue weighted by molar-refractivity contribution is 1.07. The number of rotatable bonds is 0. The lowest BCUT2D eigenvalue weighted by Gasteiger charge is -1.78. The van der Waals surface area contributed by atoms with Gasteiger partial charge in [0.05, 0.1) is 0 Å². The van der Waals surface area contributed by atoms with Crippen LogP contribution < -0.4 is 0 Å². The van der Waals surface area contributed by atoms with E-state index in [1.165, 1.54) is 18.4 Å². The monoisotopic (exact) mass is 80.1 g/mol. The first-order valence-corrected chi connectivity index (χ1v) is 2.24. The molecular formula is C6H8. The van der Waals surface area contributed by atoms with Gasteiger partial charge in [-0.25, -0.2) is 0 Å². The van der Waals surface area contributed by atoms with E-state index in [0.717, 1.165) is 0 Å². The highest BCUT2D eigenvalue weighted by molar-refractivity contribution is 5.20. The molecule has 0 radical (unpaired) electrons. The van der Waals surface area contributed by atoms with Crippen LogP contribution >= 0.6 is 0 Å². The molecule has 0 atom stereocenters. The summed E-state index contributed by atoms with van der Waals surface area (Å²) in [5.74, 6) is 0. The van der Waals surface area contributed by atoms with Gasteiger partial charge in [-0.05, 0) is 12.8 Å². The second kappa shape index (κ2) is 1.29. The highest BCUT2D eigenvalue weighted by atomic mass is 14.0. The molecule has 0 aliphatic heterocycles. The van der Waals surface area contributed by atoms with Crippen molar-refractivity contribution in [2.24, 2.45) is 0 Å². The van der Waals surface area contributed by atoms with E-state index >= 15 is 0 Å². The van der Waals surface area contributed by atoms with Gasteiger partial charge in [-0.15, -0.1) is 0 Å². The standard InChI is InChI=1S/C6H8/c1-6-4-2-3-5-6/h2,4H,1,3,5H2. The molecule has 0 saturated carbocycles. The third-order valence-corrected chi connectivity index (χ3v) is 0.986. The smallest absolute Gasteiger partial charge is 0.0250 e. The second-order valence-corrected chi connectivity index (χ2v) is 1.60. The third kappa shape index (κ3) is 0.510. The largest absolute Gasteiger partial charge is 0.0958 e. The fraction of sp³-hybridized carbons (Fsp3) is 0.333. The molecule has 0 bridgehead atoms. The first-order valence-electron chi connectivity index (χ1n) is 2.24. The molecule has 0 nitrogen and oxygen atoms in total. The SMILES string of the molecule is C=C1C=CCC1. The van der Waals surface area contributed by atoms with Crippen LogP contribution in [0.2, 0.25) is 0 Å². The zero-order valence-corrected chi connectivity index (χ0v) is 3.78. The molecule has 32 valence electrons. The van der Waals surface area contributed by atoms with Gasteiger partial charge < -0.3 is 0 Å². The second-order valence-electron chi connectivity index (χ2n) is 1.60. The van der Waals surface area contributed by atoms with Crippen LogP contribution in [-0.4, -0.2) is 0 Å². The highest BCUT2D eigenvalue weighted by Gasteiger charge is 1.91. The fourth-order valence-electron chi connectivity index (χ4n) is 0.602. The molecule has 0 N–H and O–H groups in total. The molecular weight excluding hydrogens is 72.1 g/mol. The van der Waals surface area contributed by atoms with Gasteiger partial charge in [-0.3, -0.25) is 0 Å². The Labute approximate surface area is 38.2 Å². The number of allylic oxidation sites excluding steroid dienone is 3. The molecule has 0 spiro atoms. The Hall–Kier alpha value is -0.520. The fourth-order valence-corrected chi connectivity index (χ4v) is 0.602. The lowest BCUT2D eigenvalue weighted by atomic mass is 10.3. The summed E-state index contributed by atoms with van der Waals surface area (Å²) in [6.07, 6.45) is 6.63. The summed E-state index contributed by atoms with van der Waals surface area (Å²) in [6.45, 7) is 3.77. The minimum Gasteiger partial charge on any atom is -0.0958 e. The molecule has 0 aromatic rings. The predicted molar refractivity (Wildman–Crippen MR) is 27.5 cm³/mol. The summed E-state index contributed by atoms with van der Waals surface area (Å²) >= 11 is 0. The maximum absolute atomic E-state index is 3.77. The lowest BCUT2D eigenvalue weighted by Crippen LogP contribution is -1.59. The van der Waals surface area contributed by atoms with E-state index in [1.807, 2.05) is 0 Å². The Balaban J connectivity index is 2.59. The molecule has 0 fully saturated rings. The van der Waals surface area contributed by atoms with Gasteiger partial charge in [0, 0.05) is 0 Å². The Morgan fingerprint density at radius 3 is 2.67 bits per heavy atom. The first kappa shape index (κ1) is 3.66. The topological polar surface area (TPSA) is 0 Å². The molecule has 0 amide bonds. The number of hydrogen-bond donors (Lipinski definition) is 0. The Morgan fingerprint density at radius 1 is 1.67 bits per heavy atom. The molecule has 1 aliphatic carbocycles. The van der Waals surface area contributed by atoms with Gasteiger partial charge in [0.2, 0.25) is 0 Å². The maximum Gasteiger partial charge on any atom is -0.0250 e. The molecule has 0 saturated heterocycles. The van der Waals surface area contributed by atoms with E-state index in [4.69, 9.17) is 0 Å². The average molecular weight is 80.1 g/mol. The summed E-state index contributed by atoms with van der Waals surface area (Å²) in [4.78, 5) is 0. The molecule has 1 rings (SSSR count). The molecule has 0 aromatic heterocycles. The van der Waals surface area contributed by atoms with Crippen molar-refractivity contribution in [1.29, 1.82) is 0 Å². The predicted octanol–water partition coefficient (Wildman–Crippen LogP) is 1.89. The molecule has 0 heterocycles. The van der Waals surface area contributed by atoms with Crippen molar-refractivity contribution >= 4 is 0 Å². The van der Waals surface area contributed by atoms with Gasteiger partial charge in [0.15, 0.2) is 0 Å². The normalized spacial score (nSPS) is 19.7. The Bertz CT molecular complexity index is 88.2. The van der Waals surface area contributed by atoms with Crippen molar-refractivity contribution in [2.75, 3.05) is 0 Å². The molecule has 0 heteroatoms. The van der Waals surface area contributed by atoms with Crippen LogP contribution in [0.3, 0.4) is 0 Å². The van der Waals surface area contributed by atoms with E-state index in [1.54, 1.807) is 0 Å². The quantitative estimate of drug-likeness (QED) is 0.417. The Morgan fingerprint density at radius 2 is 2.50 bits per heavy atom. The summed E-state index contributed by atoms with van der Waals surface area (Å²) in [6, 6.07) is 0. The zero-order chi connectivity index (χ0) is 4.41. The van der Waals surface area contributed by atoms with Crippen LogP contribution in [0.25, 0.3) is 0 Å². The van der Waals surface area contributed by atoms with Crippen LogP contribution in [0.4, 0.5) is 0 Å². The van der Waals surface area contributed by atoms with Crippen molar-refractivity contribution in [3.05, 3.63) is 24.3 Å². The van der Waals surface area contributed by atoms with Crippen LogP contribution in [0, 0.1) is 0 Å². The van der Waals surface area contributed by atoms with Crippen LogP contribution in [0.5, 0.6) is 0 Å². The minimum absolute atomic E-state index is 1.18. The van der Waals surface area contributed by atoms with E-state index in [9.17, 15) is 0 Å². The van der Waals surface area contributed by atoms with Crippen LogP contribution in [0.15, 0.2) is 24.3 Å².